The smallest absolute Gasteiger partial charge is 1.00 e. The van der Waals surface area contributed by atoms with E-state index >= 15 is 0 Å². The molecule has 0 aliphatic carbocycles. The van der Waals surface area contributed by atoms with E-state index in [2.05, 4.69) is 6.92 Å². The van der Waals surface area contributed by atoms with Gasteiger partial charge < -0.3 is 6.53 Å². The third-order valence-corrected chi connectivity index (χ3v) is 2.41. The van der Waals surface area contributed by atoms with Gasteiger partial charge in [0.25, 0.3) is 0 Å². The molecule has 130 valence electrons. The van der Waals surface area contributed by atoms with Gasteiger partial charge in [0.2, 0.25) is 0 Å². The fourth-order valence-electron chi connectivity index (χ4n) is 1.44. The first-order valence-corrected chi connectivity index (χ1v) is 8.58. The number of rotatable bonds is 7. The molecule has 0 bridgehead atoms. The molecule has 0 aromatic heterocycles. The minimum atomic E-state index is -4.67. The van der Waals surface area contributed by atoms with Crippen LogP contribution in [0.3, 0.4) is 0 Å². The first-order chi connectivity index (χ1) is 10.3. The van der Waals surface area contributed by atoms with Crippen LogP contribution in [0.25, 0.3) is 0 Å². The van der Waals surface area contributed by atoms with Crippen molar-refractivity contribution in [1.29, 1.82) is 0 Å². The Balaban J connectivity index is -0.000000131. The van der Waals surface area contributed by atoms with Crippen molar-refractivity contribution >= 4 is 16.4 Å². The zero-order chi connectivity index (χ0) is 17.3. The zero-order valence-corrected chi connectivity index (χ0v) is 16.7. The van der Waals surface area contributed by atoms with Gasteiger partial charge in [-0.25, -0.2) is 0 Å². The Morgan fingerprint density at radius 2 is 1.17 bits per heavy atom. The van der Waals surface area contributed by atoms with Crippen LogP contribution in [-0.2, 0) is 15.2 Å². The van der Waals surface area contributed by atoms with E-state index in [0.29, 0.717) is 6.42 Å². The monoisotopic (exact) mass is 358 g/mol. The van der Waals surface area contributed by atoms with Crippen molar-refractivity contribution in [2.24, 2.45) is 0 Å². The Morgan fingerprint density at radius 1 is 0.870 bits per heavy atom. The van der Waals surface area contributed by atoms with Gasteiger partial charge in [-0.3, -0.25) is 13.9 Å². The van der Waals surface area contributed by atoms with Crippen molar-refractivity contribution in [3.05, 3.63) is 36.4 Å². The fourth-order valence-corrected chi connectivity index (χ4v) is 1.44. The van der Waals surface area contributed by atoms with Gasteiger partial charge in [-0.2, -0.15) is 8.42 Å². The quantitative estimate of drug-likeness (QED) is 0.380. The number of carbonyl (C=O) groups is 1. The van der Waals surface area contributed by atoms with Crippen molar-refractivity contribution in [1.82, 2.24) is 0 Å². The molecule has 8 heteroatoms. The van der Waals surface area contributed by atoms with E-state index in [1.54, 1.807) is 0 Å². The molecule has 23 heavy (non-hydrogen) atoms. The number of unbranched alkanes of at least 4 members (excludes halogenated alkanes) is 5. The first-order valence-electron chi connectivity index (χ1n) is 7.19. The predicted molar refractivity (Wildman–Crippen MR) is 87.4 cm³/mol. The van der Waals surface area contributed by atoms with Crippen molar-refractivity contribution < 1.29 is 58.4 Å². The van der Waals surface area contributed by atoms with Gasteiger partial charge in [0.1, 0.15) is 0 Å². The summed E-state index contributed by atoms with van der Waals surface area (Å²) >= 11 is 0. The van der Waals surface area contributed by atoms with Gasteiger partial charge in [0.15, 0.2) is 0 Å². The van der Waals surface area contributed by atoms with E-state index in [-0.39, 0.29) is 31.0 Å². The molecule has 1 aromatic rings. The minimum absolute atomic E-state index is 0. The van der Waals surface area contributed by atoms with E-state index in [4.69, 9.17) is 22.6 Å². The van der Waals surface area contributed by atoms with Crippen LogP contribution in [0.4, 0.5) is 0 Å². The van der Waals surface area contributed by atoms with Gasteiger partial charge in [-0.05, 0) is 6.42 Å². The van der Waals surface area contributed by atoms with Crippen molar-refractivity contribution in [2.45, 2.75) is 51.9 Å². The largest absolute Gasteiger partial charge is 1.00 e. The maximum absolute atomic E-state index is 10.1. The topological polar surface area (TPSA) is 112 Å². The standard InChI is InChI=1S/C9H18O2.C6H6.Na.H2O4S.H/c1-2-3-4-5-6-7-8-9(10)11;1-2-4-6-5-3-1;;1-5(2,3)4;/h2-8H2,1H3,(H,10,11);1-6H;;(H2,1,2,3,4);/q;;+1;;-1. The third kappa shape index (κ3) is 44.9. The second-order valence-corrected chi connectivity index (χ2v) is 5.41. The zero-order valence-electron chi connectivity index (χ0n) is 14.9. The van der Waals surface area contributed by atoms with Crippen LogP contribution in [0, 0.1) is 0 Å². The predicted octanol–water partition coefficient (Wildman–Crippen LogP) is 0.972. The Morgan fingerprint density at radius 3 is 1.48 bits per heavy atom. The average molecular weight is 358 g/mol. The van der Waals surface area contributed by atoms with Crippen LogP contribution in [0.15, 0.2) is 36.4 Å². The summed E-state index contributed by atoms with van der Waals surface area (Å²) in [6, 6.07) is 12.0. The number of aliphatic carboxylic acids is 1. The molecule has 0 saturated carbocycles. The van der Waals surface area contributed by atoms with Crippen molar-refractivity contribution in [2.75, 3.05) is 0 Å². The molecule has 0 amide bonds. The van der Waals surface area contributed by atoms with Crippen LogP contribution < -0.4 is 29.6 Å². The Bertz CT molecular complexity index is 422. The second-order valence-electron chi connectivity index (χ2n) is 4.51. The fraction of sp³-hybridized carbons (Fsp3) is 0.533. The number of hydrogen-bond acceptors (Lipinski definition) is 3. The van der Waals surface area contributed by atoms with Crippen LogP contribution >= 0.6 is 0 Å². The maximum Gasteiger partial charge on any atom is 1.00 e. The van der Waals surface area contributed by atoms with Gasteiger partial charge in [-0.15, -0.1) is 0 Å². The van der Waals surface area contributed by atoms with E-state index in [1.807, 2.05) is 36.4 Å². The second kappa shape index (κ2) is 19.6. The summed E-state index contributed by atoms with van der Waals surface area (Å²) in [5.74, 6) is -0.666. The molecule has 0 fully saturated rings. The summed E-state index contributed by atoms with van der Waals surface area (Å²) in [6.45, 7) is 2.18. The molecular formula is C15H27NaO6S. The summed E-state index contributed by atoms with van der Waals surface area (Å²) in [6.07, 6.45) is 7.25. The molecular weight excluding hydrogens is 331 g/mol. The number of benzene rings is 1. The third-order valence-electron chi connectivity index (χ3n) is 2.41. The SMILES string of the molecule is CCCCCCCCC(=O)O.O=S(=O)(O)O.[H-].[Na+].c1ccccc1. The molecule has 0 aliphatic rings. The molecule has 0 heterocycles. The van der Waals surface area contributed by atoms with E-state index in [1.165, 1.54) is 25.7 Å². The molecule has 1 rings (SSSR count). The molecule has 0 atom stereocenters. The summed E-state index contributed by atoms with van der Waals surface area (Å²) in [7, 11) is -4.67. The Hall–Kier alpha value is -0.440. The summed E-state index contributed by atoms with van der Waals surface area (Å²) in [4.78, 5) is 10.1. The van der Waals surface area contributed by atoms with Gasteiger partial charge in [0, 0.05) is 6.42 Å². The van der Waals surface area contributed by atoms with Crippen LogP contribution in [0.2, 0.25) is 0 Å². The molecule has 6 nitrogen and oxygen atoms in total. The maximum atomic E-state index is 10.1. The molecule has 1 aromatic carbocycles. The molecule has 0 unspecified atom stereocenters. The van der Waals surface area contributed by atoms with Gasteiger partial charge in [-0.1, -0.05) is 75.4 Å². The van der Waals surface area contributed by atoms with E-state index in [9.17, 15) is 4.79 Å². The van der Waals surface area contributed by atoms with Crippen molar-refractivity contribution in [3.63, 3.8) is 0 Å². The number of carboxylic acid groups (broad SMARTS) is 1. The average Bonchev–Trinajstić information content (AvgIpc) is 2.43. The summed E-state index contributed by atoms with van der Waals surface area (Å²) in [5.41, 5.74) is 0. The summed E-state index contributed by atoms with van der Waals surface area (Å²) < 4.78 is 31.6. The van der Waals surface area contributed by atoms with E-state index in [0.717, 1.165) is 12.8 Å². The van der Waals surface area contributed by atoms with Gasteiger partial charge >= 0.3 is 45.9 Å². The molecule has 3 N–H and O–H groups in total. The number of hydrogen-bond donors (Lipinski definition) is 3. The first kappa shape index (κ1) is 27.4. The Kier molecular flexibility index (Phi) is 23.4. The molecule has 0 spiro atoms. The van der Waals surface area contributed by atoms with Crippen LogP contribution in [-0.4, -0.2) is 28.6 Å². The molecule has 0 saturated heterocycles. The minimum Gasteiger partial charge on any atom is -1.00 e. The van der Waals surface area contributed by atoms with Crippen LogP contribution in [0.5, 0.6) is 0 Å². The molecule has 0 radical (unpaired) electrons. The molecule has 0 aliphatic heterocycles. The number of carboxylic acids is 1. The van der Waals surface area contributed by atoms with Crippen LogP contribution in [0.1, 0.15) is 53.3 Å². The normalized spacial score (nSPS) is 9.35. The van der Waals surface area contributed by atoms with Crippen molar-refractivity contribution in [3.8, 4) is 0 Å². The Labute approximate surface area is 162 Å². The summed E-state index contributed by atoms with van der Waals surface area (Å²) in [5, 5.41) is 8.32. The van der Waals surface area contributed by atoms with Gasteiger partial charge in [0.05, 0.1) is 0 Å². The van der Waals surface area contributed by atoms with E-state index < -0.39 is 16.4 Å².